The first kappa shape index (κ1) is 19.2. The van der Waals surface area contributed by atoms with E-state index in [2.05, 4.69) is 0 Å². The fraction of sp³-hybridized carbons (Fsp3) is 0.350. The molecular weight excluding hydrogens is 366 g/mol. The molecule has 0 atom stereocenters. The van der Waals surface area contributed by atoms with Crippen molar-refractivity contribution in [2.24, 2.45) is 7.05 Å². The van der Waals surface area contributed by atoms with Gasteiger partial charge < -0.3 is 14.4 Å². The number of nitrogens with zero attached hydrogens (tertiary/aromatic N) is 3. The average Bonchev–Trinajstić information content (AvgIpc) is 3.05. The quantitative estimate of drug-likeness (QED) is 0.757. The van der Waals surface area contributed by atoms with Gasteiger partial charge in [0.05, 0.1) is 6.42 Å². The van der Waals surface area contributed by atoms with Crippen molar-refractivity contribution in [2.45, 2.75) is 13.3 Å². The van der Waals surface area contributed by atoms with Crippen molar-refractivity contribution in [3.8, 4) is 0 Å². The monoisotopic (exact) mass is 387 g/mol. The molecule has 1 saturated heterocycles. The number of ketones is 1. The second-order valence-electron chi connectivity index (χ2n) is 6.76. The summed E-state index contributed by atoms with van der Waals surface area (Å²) in [6.45, 7) is 3.44. The molecule has 2 amide bonds. The van der Waals surface area contributed by atoms with Crippen LogP contribution < -0.4 is 0 Å². The van der Waals surface area contributed by atoms with E-state index in [1.807, 2.05) is 12.1 Å². The molecule has 0 saturated carbocycles. The molecular formula is C20H22ClN3O3. The van der Waals surface area contributed by atoms with E-state index in [1.54, 1.807) is 45.8 Å². The molecule has 0 bridgehead atoms. The predicted molar refractivity (Wildman–Crippen MR) is 103 cm³/mol. The third-order valence-corrected chi connectivity index (χ3v) is 5.07. The fourth-order valence-corrected chi connectivity index (χ4v) is 3.31. The lowest BCUT2D eigenvalue weighted by Gasteiger charge is -2.35. The molecule has 1 aliphatic heterocycles. The van der Waals surface area contributed by atoms with Crippen LogP contribution in [0, 0.1) is 0 Å². The fourth-order valence-electron chi connectivity index (χ4n) is 3.18. The van der Waals surface area contributed by atoms with Crippen LogP contribution in [-0.2, 0) is 18.3 Å². The number of rotatable bonds is 4. The summed E-state index contributed by atoms with van der Waals surface area (Å²) in [6.07, 6.45) is 1.99. The van der Waals surface area contributed by atoms with Gasteiger partial charge in [-0.15, -0.1) is 0 Å². The Labute approximate surface area is 163 Å². The molecule has 0 N–H and O–H groups in total. The largest absolute Gasteiger partial charge is 0.346 e. The predicted octanol–water partition coefficient (Wildman–Crippen LogP) is 2.41. The van der Waals surface area contributed by atoms with Crippen LogP contribution >= 0.6 is 11.6 Å². The van der Waals surface area contributed by atoms with Crippen LogP contribution in [0.1, 0.15) is 33.3 Å². The van der Waals surface area contributed by atoms with Gasteiger partial charge in [-0.2, -0.15) is 0 Å². The molecule has 3 rings (SSSR count). The number of piperazine rings is 1. The normalized spacial score (nSPS) is 14.3. The summed E-state index contributed by atoms with van der Waals surface area (Å²) in [6, 6.07) is 8.87. The van der Waals surface area contributed by atoms with E-state index >= 15 is 0 Å². The lowest BCUT2D eigenvalue weighted by atomic mass is 10.1. The Balaban J connectivity index is 1.58. The molecule has 1 aliphatic rings. The van der Waals surface area contributed by atoms with E-state index in [9.17, 15) is 14.4 Å². The smallest absolute Gasteiger partial charge is 0.270 e. The number of amides is 2. The maximum Gasteiger partial charge on any atom is 0.270 e. The summed E-state index contributed by atoms with van der Waals surface area (Å²) >= 11 is 5.87. The Kier molecular flexibility index (Phi) is 5.65. The summed E-state index contributed by atoms with van der Waals surface area (Å²) in [5.41, 5.74) is 1.93. The molecule has 0 unspecified atom stereocenters. The molecule has 142 valence electrons. The number of hydrogen-bond donors (Lipinski definition) is 0. The average molecular weight is 388 g/mol. The van der Waals surface area contributed by atoms with Gasteiger partial charge in [-0.05, 0) is 30.7 Å². The molecule has 0 aliphatic carbocycles. The summed E-state index contributed by atoms with van der Waals surface area (Å²) in [7, 11) is 1.76. The van der Waals surface area contributed by atoms with Crippen LogP contribution in [0.4, 0.5) is 0 Å². The van der Waals surface area contributed by atoms with Crippen LogP contribution in [0.5, 0.6) is 0 Å². The highest BCUT2D eigenvalue weighted by Crippen LogP contribution is 2.15. The van der Waals surface area contributed by atoms with Crippen LogP contribution in [0.25, 0.3) is 0 Å². The first-order chi connectivity index (χ1) is 12.8. The molecule has 0 radical (unpaired) electrons. The summed E-state index contributed by atoms with van der Waals surface area (Å²) < 4.78 is 1.68. The van der Waals surface area contributed by atoms with E-state index in [-0.39, 0.29) is 17.6 Å². The number of hydrogen-bond acceptors (Lipinski definition) is 3. The minimum atomic E-state index is -0.116. The Hall–Kier alpha value is -2.60. The third-order valence-electron chi connectivity index (χ3n) is 4.82. The maximum absolute atomic E-state index is 12.7. The van der Waals surface area contributed by atoms with Crippen molar-refractivity contribution in [2.75, 3.05) is 26.2 Å². The van der Waals surface area contributed by atoms with Crippen molar-refractivity contribution in [1.29, 1.82) is 0 Å². The zero-order valence-corrected chi connectivity index (χ0v) is 16.2. The molecule has 1 aromatic heterocycles. The Morgan fingerprint density at radius 2 is 1.59 bits per heavy atom. The maximum atomic E-state index is 12.7. The van der Waals surface area contributed by atoms with Crippen molar-refractivity contribution in [1.82, 2.24) is 14.4 Å². The zero-order chi connectivity index (χ0) is 19.6. The van der Waals surface area contributed by atoms with Gasteiger partial charge >= 0.3 is 0 Å². The first-order valence-electron chi connectivity index (χ1n) is 8.84. The highest BCUT2D eigenvalue weighted by molar-refractivity contribution is 6.30. The molecule has 1 fully saturated rings. The summed E-state index contributed by atoms with van der Waals surface area (Å²) in [5.74, 6) is -0.140. The number of benzene rings is 1. The molecule has 0 spiro atoms. The van der Waals surface area contributed by atoms with E-state index in [0.29, 0.717) is 48.9 Å². The van der Waals surface area contributed by atoms with Gasteiger partial charge in [0.1, 0.15) is 5.69 Å². The molecule has 2 heterocycles. The van der Waals surface area contributed by atoms with Gasteiger partial charge in [0.25, 0.3) is 5.91 Å². The van der Waals surface area contributed by atoms with Gasteiger partial charge in [0, 0.05) is 50.0 Å². The van der Waals surface area contributed by atoms with Crippen LogP contribution in [0.15, 0.2) is 36.5 Å². The van der Waals surface area contributed by atoms with Crippen molar-refractivity contribution in [3.63, 3.8) is 0 Å². The van der Waals surface area contributed by atoms with E-state index in [0.717, 1.165) is 5.56 Å². The highest BCUT2D eigenvalue weighted by Gasteiger charge is 2.26. The Bertz CT molecular complexity index is 865. The number of aromatic nitrogens is 1. The highest BCUT2D eigenvalue weighted by atomic mass is 35.5. The first-order valence-corrected chi connectivity index (χ1v) is 9.21. The Morgan fingerprint density at radius 3 is 2.15 bits per heavy atom. The molecule has 27 heavy (non-hydrogen) atoms. The minimum absolute atomic E-state index is 0.0437. The molecule has 1 aromatic carbocycles. The van der Waals surface area contributed by atoms with Gasteiger partial charge in [0.2, 0.25) is 5.91 Å². The number of halogens is 1. The number of carbonyl (C=O) groups excluding carboxylic acids is 3. The second kappa shape index (κ2) is 7.96. The Morgan fingerprint density at radius 1 is 1.00 bits per heavy atom. The topological polar surface area (TPSA) is 62.6 Å². The SMILES string of the molecule is CC(=O)c1cc(C(=O)N2CCN(C(=O)Cc3ccc(Cl)cc3)CC2)n(C)c1. The molecule has 2 aromatic rings. The second-order valence-corrected chi connectivity index (χ2v) is 7.19. The van der Waals surface area contributed by atoms with Crippen molar-refractivity contribution >= 4 is 29.2 Å². The number of aryl methyl sites for hydroxylation is 1. The summed E-state index contributed by atoms with van der Waals surface area (Å²) in [5, 5.41) is 0.645. The minimum Gasteiger partial charge on any atom is -0.346 e. The van der Waals surface area contributed by atoms with Crippen molar-refractivity contribution in [3.05, 3.63) is 58.4 Å². The van der Waals surface area contributed by atoms with Crippen LogP contribution in [-0.4, -0.2) is 58.1 Å². The van der Waals surface area contributed by atoms with Gasteiger partial charge in [-0.25, -0.2) is 0 Å². The standard InChI is InChI=1S/C20H22ClN3O3/c1-14(25)16-12-18(22(2)13-16)20(27)24-9-7-23(8-10-24)19(26)11-15-3-5-17(21)6-4-15/h3-6,12-13H,7-11H2,1-2H3. The van der Waals surface area contributed by atoms with Gasteiger partial charge in [0.15, 0.2) is 5.78 Å². The number of carbonyl (C=O) groups is 3. The third kappa shape index (κ3) is 4.39. The molecule has 7 heteroatoms. The van der Waals surface area contributed by atoms with Gasteiger partial charge in [-0.3, -0.25) is 14.4 Å². The summed E-state index contributed by atoms with van der Waals surface area (Å²) in [4.78, 5) is 40.2. The van der Waals surface area contributed by atoms with E-state index < -0.39 is 0 Å². The van der Waals surface area contributed by atoms with Crippen LogP contribution in [0.3, 0.4) is 0 Å². The lowest BCUT2D eigenvalue weighted by molar-refractivity contribution is -0.131. The zero-order valence-electron chi connectivity index (χ0n) is 15.4. The van der Waals surface area contributed by atoms with E-state index in [1.165, 1.54) is 6.92 Å². The van der Waals surface area contributed by atoms with E-state index in [4.69, 9.17) is 11.6 Å². The molecule has 6 nitrogen and oxygen atoms in total. The van der Waals surface area contributed by atoms with Gasteiger partial charge in [-0.1, -0.05) is 23.7 Å². The van der Waals surface area contributed by atoms with Crippen LogP contribution in [0.2, 0.25) is 5.02 Å². The van der Waals surface area contributed by atoms with Crippen molar-refractivity contribution < 1.29 is 14.4 Å². The number of Topliss-reactive ketones (excluding diaryl/α,β-unsaturated/α-hetero) is 1. The lowest BCUT2D eigenvalue weighted by Crippen LogP contribution is -2.51.